The molecule has 7 nitrogen and oxygen atoms in total. The molecular weight excluding hydrogens is 472 g/mol. The van der Waals surface area contributed by atoms with Crippen molar-refractivity contribution >= 4 is 26.6 Å². The number of carbonyl (C=O) groups is 1. The van der Waals surface area contributed by atoms with Gasteiger partial charge < -0.3 is 0 Å². The maximum absolute atomic E-state index is 13.9. The summed E-state index contributed by atoms with van der Waals surface area (Å²) in [5.74, 6) is -0.0994. The number of fused-ring (bicyclic) bond motifs is 2. The van der Waals surface area contributed by atoms with Gasteiger partial charge in [-0.15, -0.1) is 0 Å². The van der Waals surface area contributed by atoms with Gasteiger partial charge in [0.2, 0.25) is 5.91 Å². The van der Waals surface area contributed by atoms with Crippen molar-refractivity contribution in [2.24, 2.45) is 5.41 Å². The van der Waals surface area contributed by atoms with Crippen LogP contribution in [0.25, 0.3) is 10.9 Å². The van der Waals surface area contributed by atoms with E-state index in [4.69, 9.17) is 0 Å². The van der Waals surface area contributed by atoms with Crippen LogP contribution in [0.15, 0.2) is 53.6 Å². The molecule has 5 rings (SSSR count). The molecule has 0 unspecified atom stereocenters. The molecule has 8 heteroatoms. The topological polar surface area (TPSA) is 95.2 Å². The van der Waals surface area contributed by atoms with E-state index >= 15 is 0 Å². The zero-order valence-corrected chi connectivity index (χ0v) is 21.5. The fourth-order valence-electron chi connectivity index (χ4n) is 5.81. The van der Waals surface area contributed by atoms with Crippen molar-refractivity contribution in [2.45, 2.75) is 56.5 Å². The van der Waals surface area contributed by atoms with Crippen LogP contribution in [0, 0.1) is 16.7 Å². The number of hydrogen-bond acceptors (Lipinski definition) is 5. The Hall–Kier alpha value is -3.15. The number of rotatable bonds is 6. The first-order valence-electron chi connectivity index (χ1n) is 12.7. The third-order valence-electron chi connectivity index (χ3n) is 7.90. The van der Waals surface area contributed by atoms with Gasteiger partial charge in [0.05, 0.1) is 22.6 Å². The van der Waals surface area contributed by atoms with Crippen LogP contribution in [0.1, 0.15) is 55.2 Å². The summed E-state index contributed by atoms with van der Waals surface area (Å²) >= 11 is 0. The quantitative estimate of drug-likeness (QED) is 0.537. The smallest absolute Gasteiger partial charge is 0.245 e. The molecular formula is C28H32N4O3S. The highest BCUT2D eigenvalue weighted by molar-refractivity contribution is 7.90. The summed E-state index contributed by atoms with van der Waals surface area (Å²) in [6.07, 6.45) is 7.54. The van der Waals surface area contributed by atoms with Gasteiger partial charge in [-0.3, -0.25) is 15.1 Å². The van der Waals surface area contributed by atoms with Crippen molar-refractivity contribution < 1.29 is 13.2 Å². The van der Waals surface area contributed by atoms with Crippen LogP contribution < -0.4 is 5.43 Å². The van der Waals surface area contributed by atoms with Crippen molar-refractivity contribution in [1.29, 1.82) is 5.26 Å². The molecule has 1 aliphatic carbocycles. The SMILES string of the molecule is CS(=O)(=O)c1cc2ccccc2n1NC(=O)C1(CCN2CCc3ccc(C#N)cc3C2)CCCCC1. The van der Waals surface area contributed by atoms with Gasteiger partial charge in [0, 0.05) is 24.7 Å². The van der Waals surface area contributed by atoms with E-state index in [1.807, 2.05) is 36.4 Å². The normalized spacial score (nSPS) is 17.9. The second-order valence-electron chi connectivity index (χ2n) is 10.3. The Morgan fingerprint density at radius 1 is 1.08 bits per heavy atom. The molecule has 3 aromatic rings. The first-order valence-corrected chi connectivity index (χ1v) is 14.5. The molecule has 2 heterocycles. The lowest BCUT2D eigenvalue weighted by atomic mass is 9.71. The standard InChI is InChI=1S/C28H32N4O3S/c1-36(34,35)26-18-23-7-3-4-8-25(23)32(26)30-27(33)28(12-5-2-6-13-28)14-16-31-15-11-22-10-9-21(19-29)17-24(22)20-31/h3-4,7-10,17-18H,2,5-6,11-16,20H2,1H3,(H,30,33). The number of amides is 1. The first-order chi connectivity index (χ1) is 17.3. The molecule has 0 atom stereocenters. The molecule has 0 spiro atoms. The zero-order chi connectivity index (χ0) is 25.3. The number of nitriles is 1. The highest BCUT2D eigenvalue weighted by Gasteiger charge is 2.40. The Morgan fingerprint density at radius 3 is 2.61 bits per heavy atom. The molecule has 36 heavy (non-hydrogen) atoms. The van der Waals surface area contributed by atoms with Crippen LogP contribution in [0.5, 0.6) is 0 Å². The van der Waals surface area contributed by atoms with E-state index in [2.05, 4.69) is 22.5 Å². The van der Waals surface area contributed by atoms with Gasteiger partial charge >= 0.3 is 0 Å². The third-order valence-corrected chi connectivity index (χ3v) is 8.96. The fourth-order valence-corrected chi connectivity index (χ4v) is 6.62. The van der Waals surface area contributed by atoms with E-state index < -0.39 is 15.3 Å². The Balaban J connectivity index is 1.38. The molecule has 1 aromatic heterocycles. The summed E-state index contributed by atoms with van der Waals surface area (Å²) in [6.45, 7) is 2.50. The van der Waals surface area contributed by atoms with Crippen molar-refractivity contribution in [2.75, 3.05) is 24.8 Å². The largest absolute Gasteiger partial charge is 0.299 e. The number of hydrogen-bond donors (Lipinski definition) is 1. The maximum atomic E-state index is 13.9. The van der Waals surface area contributed by atoms with Gasteiger partial charge in [-0.25, -0.2) is 13.1 Å². The lowest BCUT2D eigenvalue weighted by Gasteiger charge is -2.38. The Labute approximate surface area is 212 Å². The van der Waals surface area contributed by atoms with Gasteiger partial charge in [0.25, 0.3) is 0 Å². The lowest BCUT2D eigenvalue weighted by Crippen LogP contribution is -2.44. The highest BCUT2D eigenvalue weighted by Crippen LogP contribution is 2.41. The molecule has 1 aliphatic heterocycles. The van der Waals surface area contributed by atoms with E-state index in [9.17, 15) is 18.5 Å². The number of nitrogens with zero attached hydrogens (tertiary/aromatic N) is 3. The Kier molecular flexibility index (Phi) is 6.62. The summed E-state index contributed by atoms with van der Waals surface area (Å²) in [5, 5.41) is 10.1. The predicted octanol–water partition coefficient (Wildman–Crippen LogP) is 4.39. The predicted molar refractivity (Wildman–Crippen MR) is 140 cm³/mol. The average Bonchev–Trinajstić information content (AvgIpc) is 3.26. The summed E-state index contributed by atoms with van der Waals surface area (Å²) in [7, 11) is -3.54. The van der Waals surface area contributed by atoms with Crippen LogP contribution in [0.3, 0.4) is 0 Å². The number of aromatic nitrogens is 1. The van der Waals surface area contributed by atoms with Crippen LogP contribution in [-0.4, -0.2) is 43.2 Å². The molecule has 1 fully saturated rings. The number of nitrogens with one attached hydrogen (secondary N) is 1. The van der Waals surface area contributed by atoms with Crippen molar-refractivity contribution in [1.82, 2.24) is 9.58 Å². The number of sulfone groups is 1. The van der Waals surface area contributed by atoms with Gasteiger partial charge in [-0.05, 0) is 67.6 Å². The summed E-state index contributed by atoms with van der Waals surface area (Å²) in [4.78, 5) is 16.3. The number of benzene rings is 2. The average molecular weight is 505 g/mol. The van der Waals surface area contributed by atoms with E-state index in [1.54, 1.807) is 6.07 Å². The van der Waals surface area contributed by atoms with E-state index in [0.717, 1.165) is 70.0 Å². The molecule has 1 saturated carbocycles. The van der Waals surface area contributed by atoms with Crippen molar-refractivity contribution in [3.05, 3.63) is 65.2 Å². The van der Waals surface area contributed by atoms with E-state index in [1.165, 1.54) is 22.1 Å². The zero-order valence-electron chi connectivity index (χ0n) is 20.7. The molecule has 1 N–H and O–H groups in total. The van der Waals surface area contributed by atoms with Gasteiger partial charge in [-0.2, -0.15) is 5.26 Å². The van der Waals surface area contributed by atoms with E-state index in [-0.39, 0.29) is 10.9 Å². The second kappa shape index (κ2) is 9.72. The Morgan fingerprint density at radius 2 is 1.86 bits per heavy atom. The van der Waals surface area contributed by atoms with Crippen molar-refractivity contribution in [3.63, 3.8) is 0 Å². The Bertz CT molecular complexity index is 1450. The lowest BCUT2D eigenvalue weighted by molar-refractivity contribution is -0.129. The third kappa shape index (κ3) is 4.78. The summed E-state index contributed by atoms with van der Waals surface area (Å²) in [5.41, 5.74) is 6.33. The van der Waals surface area contributed by atoms with Gasteiger partial charge in [0.1, 0.15) is 0 Å². The molecule has 0 saturated heterocycles. The molecule has 2 aliphatic rings. The highest BCUT2D eigenvalue weighted by atomic mass is 32.2. The molecule has 0 radical (unpaired) electrons. The summed E-state index contributed by atoms with van der Waals surface area (Å²) in [6, 6.07) is 17.2. The molecule has 1 amide bonds. The number of para-hydroxylation sites is 1. The minimum Gasteiger partial charge on any atom is -0.299 e. The number of carbonyl (C=O) groups excluding carboxylic acids is 1. The molecule has 188 valence electrons. The van der Waals surface area contributed by atoms with Gasteiger partial charge in [-0.1, -0.05) is 43.5 Å². The van der Waals surface area contributed by atoms with E-state index in [0.29, 0.717) is 11.1 Å². The van der Waals surface area contributed by atoms with Gasteiger partial charge in [0.15, 0.2) is 14.9 Å². The van der Waals surface area contributed by atoms with Crippen LogP contribution in [-0.2, 0) is 27.6 Å². The minimum absolute atomic E-state index is 0.0994. The second-order valence-corrected chi connectivity index (χ2v) is 12.3. The monoisotopic (exact) mass is 504 g/mol. The van der Waals surface area contributed by atoms with Crippen LogP contribution in [0.2, 0.25) is 0 Å². The minimum atomic E-state index is -3.54. The molecule has 0 bridgehead atoms. The van der Waals surface area contributed by atoms with Crippen LogP contribution >= 0.6 is 0 Å². The van der Waals surface area contributed by atoms with Crippen LogP contribution in [0.4, 0.5) is 0 Å². The van der Waals surface area contributed by atoms with Crippen molar-refractivity contribution in [3.8, 4) is 6.07 Å². The fraction of sp³-hybridized carbons (Fsp3) is 0.429. The first kappa shape index (κ1) is 24.5. The molecule has 2 aromatic carbocycles. The summed E-state index contributed by atoms with van der Waals surface area (Å²) < 4.78 is 26.5. The maximum Gasteiger partial charge on any atom is 0.245 e.